The fourth-order valence-corrected chi connectivity index (χ4v) is 2.82. The van der Waals surface area contributed by atoms with Crippen LogP contribution in [0.1, 0.15) is 25.7 Å². The van der Waals surface area contributed by atoms with Crippen molar-refractivity contribution in [2.75, 3.05) is 0 Å². The van der Waals surface area contributed by atoms with Crippen LogP contribution < -0.4 is 0 Å². The second-order valence-corrected chi connectivity index (χ2v) is 5.81. The molecule has 0 aliphatic heterocycles. The second-order valence-electron chi connectivity index (χ2n) is 4.11. The summed E-state index contributed by atoms with van der Waals surface area (Å²) in [7, 11) is -4.36. The first-order valence-corrected chi connectivity index (χ1v) is 6.37. The molecule has 1 N–H and O–H groups in total. The van der Waals surface area contributed by atoms with E-state index in [1.807, 2.05) is 0 Å². The third-order valence-corrected chi connectivity index (χ3v) is 4.30. The number of halogens is 6. The Morgan fingerprint density at radius 1 is 0.944 bits per heavy atom. The molecule has 0 bridgehead atoms. The maximum atomic E-state index is 12.9. The molecule has 0 aromatic rings. The molecule has 0 atom stereocenters. The normalized spacial score (nSPS) is 26.6. The predicted molar refractivity (Wildman–Crippen MR) is 50.8 cm³/mol. The number of hydrogen-bond donors (Lipinski definition) is 1. The van der Waals surface area contributed by atoms with Gasteiger partial charge in [-0.3, -0.25) is 9.26 Å². The molecule has 0 amide bonds. The van der Waals surface area contributed by atoms with E-state index in [0.29, 0.717) is 0 Å². The summed E-state index contributed by atoms with van der Waals surface area (Å²) in [5, 5.41) is -1.23. The Morgan fingerprint density at radius 3 is 1.61 bits per heavy atom. The number of hydrogen-bond acceptors (Lipinski definition) is 2. The minimum Gasteiger partial charge on any atom is -0.285 e. The van der Waals surface area contributed by atoms with E-state index in [0.717, 1.165) is 0 Å². The van der Waals surface area contributed by atoms with Gasteiger partial charge in [0.25, 0.3) is 10.1 Å². The van der Waals surface area contributed by atoms with Gasteiger partial charge in [-0.2, -0.15) is 30.4 Å². The minimum atomic E-state index is -5.62. The average molecular weight is 302 g/mol. The van der Waals surface area contributed by atoms with Gasteiger partial charge in [-0.15, -0.1) is 0 Å². The molecule has 0 aromatic carbocycles. The molecule has 0 aromatic heterocycles. The van der Waals surface area contributed by atoms with Crippen LogP contribution in [0.2, 0.25) is 0 Å². The summed E-state index contributed by atoms with van der Waals surface area (Å²) in [5.41, 5.74) is 0. The SMILES string of the molecule is F.O=S(=O)(O)C1CCC(C(F)(F)C(F)(F)F)CC1. The van der Waals surface area contributed by atoms with Crippen molar-refractivity contribution in [1.82, 2.24) is 0 Å². The van der Waals surface area contributed by atoms with E-state index >= 15 is 0 Å². The first kappa shape index (κ1) is 17.5. The Balaban J connectivity index is 0.00000289. The van der Waals surface area contributed by atoms with Crippen molar-refractivity contribution in [3.8, 4) is 0 Å². The molecule has 18 heavy (non-hydrogen) atoms. The Labute approximate surface area is 99.5 Å². The van der Waals surface area contributed by atoms with Crippen LogP contribution in [-0.2, 0) is 10.1 Å². The Hall–Kier alpha value is -0.510. The van der Waals surface area contributed by atoms with Crippen LogP contribution in [0.15, 0.2) is 0 Å². The van der Waals surface area contributed by atoms with Crippen LogP contribution in [0.4, 0.5) is 26.7 Å². The van der Waals surface area contributed by atoms with Crippen molar-refractivity contribution >= 4 is 10.1 Å². The van der Waals surface area contributed by atoms with Crippen LogP contribution in [0.3, 0.4) is 0 Å². The fraction of sp³-hybridized carbons (Fsp3) is 1.00. The molecule has 3 nitrogen and oxygen atoms in total. The molecule has 10 heteroatoms. The largest absolute Gasteiger partial charge is 0.453 e. The van der Waals surface area contributed by atoms with E-state index in [-0.39, 0.29) is 17.5 Å². The highest BCUT2D eigenvalue weighted by Gasteiger charge is 2.62. The lowest BCUT2D eigenvalue weighted by Gasteiger charge is -2.33. The van der Waals surface area contributed by atoms with Crippen LogP contribution >= 0.6 is 0 Å². The van der Waals surface area contributed by atoms with Crippen LogP contribution in [0.25, 0.3) is 0 Å². The average Bonchev–Trinajstić information content (AvgIpc) is 2.15. The van der Waals surface area contributed by atoms with Crippen molar-refractivity contribution in [2.24, 2.45) is 5.92 Å². The Bertz CT molecular complexity index is 369. The topological polar surface area (TPSA) is 54.4 Å². The van der Waals surface area contributed by atoms with Gasteiger partial charge in [0.15, 0.2) is 0 Å². The maximum Gasteiger partial charge on any atom is 0.453 e. The number of alkyl halides is 5. The summed E-state index contributed by atoms with van der Waals surface area (Å²) in [6, 6.07) is 0. The monoisotopic (exact) mass is 302 g/mol. The summed E-state index contributed by atoms with van der Waals surface area (Å²) >= 11 is 0. The number of rotatable bonds is 2. The zero-order valence-corrected chi connectivity index (χ0v) is 9.77. The molecule has 1 saturated carbocycles. The lowest BCUT2D eigenvalue weighted by Crippen LogP contribution is -2.45. The highest BCUT2D eigenvalue weighted by atomic mass is 32.2. The van der Waals surface area contributed by atoms with E-state index in [4.69, 9.17) is 4.55 Å². The van der Waals surface area contributed by atoms with Gasteiger partial charge in [0.05, 0.1) is 5.25 Å². The van der Waals surface area contributed by atoms with E-state index < -0.39 is 46.2 Å². The van der Waals surface area contributed by atoms with E-state index in [2.05, 4.69) is 0 Å². The third-order valence-electron chi connectivity index (χ3n) is 2.99. The summed E-state index contributed by atoms with van der Waals surface area (Å²) in [6.07, 6.45) is -7.53. The first-order chi connectivity index (χ1) is 7.46. The molecule has 1 aliphatic carbocycles. The second kappa shape index (κ2) is 5.24. The standard InChI is InChI=1S/C8H11F5O3S.FH/c9-7(10,8(11,12)13)5-1-3-6(4-2-5)17(14,15)16;/h5-6H,1-4H2,(H,14,15,16);1H. The Morgan fingerprint density at radius 2 is 1.33 bits per heavy atom. The molecular formula is C8H12F6O3S. The lowest BCUT2D eigenvalue weighted by atomic mass is 9.84. The summed E-state index contributed by atoms with van der Waals surface area (Å²) < 4.78 is 91.9. The smallest absolute Gasteiger partial charge is 0.285 e. The maximum absolute atomic E-state index is 12.9. The first-order valence-electron chi connectivity index (χ1n) is 4.87. The van der Waals surface area contributed by atoms with Crippen molar-refractivity contribution in [2.45, 2.75) is 43.0 Å². The molecule has 0 unspecified atom stereocenters. The van der Waals surface area contributed by atoms with Crippen molar-refractivity contribution < 1.29 is 39.6 Å². The van der Waals surface area contributed by atoms with Gasteiger partial charge in [-0.25, -0.2) is 0 Å². The zero-order valence-electron chi connectivity index (χ0n) is 8.95. The van der Waals surface area contributed by atoms with Crippen molar-refractivity contribution in [1.29, 1.82) is 0 Å². The third kappa shape index (κ3) is 3.50. The molecule has 110 valence electrons. The summed E-state index contributed by atoms with van der Waals surface area (Å²) in [5.74, 6) is -6.72. The molecule has 0 saturated heterocycles. The lowest BCUT2D eigenvalue weighted by molar-refractivity contribution is -0.305. The molecule has 1 aliphatic rings. The quantitative estimate of drug-likeness (QED) is 0.630. The Kier molecular flexibility index (Phi) is 5.09. The molecule has 0 spiro atoms. The fourth-order valence-electron chi connectivity index (χ4n) is 1.95. The molecule has 1 rings (SSSR count). The highest BCUT2D eigenvalue weighted by molar-refractivity contribution is 7.86. The summed E-state index contributed by atoms with van der Waals surface area (Å²) in [6.45, 7) is 0. The van der Waals surface area contributed by atoms with Gasteiger partial charge in [-0.05, 0) is 25.7 Å². The summed E-state index contributed by atoms with van der Waals surface area (Å²) in [4.78, 5) is 0. The van der Waals surface area contributed by atoms with E-state index in [1.165, 1.54) is 0 Å². The van der Waals surface area contributed by atoms with Gasteiger partial charge in [-0.1, -0.05) is 0 Å². The van der Waals surface area contributed by atoms with Crippen molar-refractivity contribution in [3.05, 3.63) is 0 Å². The van der Waals surface area contributed by atoms with Gasteiger partial charge in [0.1, 0.15) is 0 Å². The molecule has 0 radical (unpaired) electrons. The van der Waals surface area contributed by atoms with Gasteiger partial charge in [0.2, 0.25) is 0 Å². The van der Waals surface area contributed by atoms with Crippen molar-refractivity contribution in [3.63, 3.8) is 0 Å². The van der Waals surface area contributed by atoms with Gasteiger partial charge >= 0.3 is 12.1 Å². The molecule has 0 heterocycles. The minimum absolute atomic E-state index is 0. The molecular weight excluding hydrogens is 290 g/mol. The predicted octanol–water partition coefficient (Wildman–Crippen LogP) is 2.78. The van der Waals surface area contributed by atoms with Gasteiger partial charge < -0.3 is 0 Å². The zero-order chi connectivity index (χ0) is 13.5. The van der Waals surface area contributed by atoms with E-state index in [1.54, 1.807) is 0 Å². The van der Waals surface area contributed by atoms with Gasteiger partial charge in [0, 0.05) is 5.92 Å². The highest BCUT2D eigenvalue weighted by Crippen LogP contribution is 2.47. The van der Waals surface area contributed by atoms with Crippen LogP contribution in [-0.4, -0.2) is 30.3 Å². The molecule has 1 fully saturated rings. The van der Waals surface area contributed by atoms with Crippen LogP contribution in [0.5, 0.6) is 0 Å². The van der Waals surface area contributed by atoms with Crippen LogP contribution in [0, 0.1) is 5.92 Å². The van der Waals surface area contributed by atoms with E-state index in [9.17, 15) is 30.4 Å².